The van der Waals surface area contributed by atoms with Gasteiger partial charge in [-0.05, 0) is 23.8 Å². The van der Waals surface area contributed by atoms with Gasteiger partial charge in [0.05, 0.1) is 24.3 Å². The number of hydrogen-bond donors (Lipinski definition) is 4. The second-order valence-electron chi connectivity index (χ2n) is 7.31. The van der Waals surface area contributed by atoms with Crippen LogP contribution in [0.3, 0.4) is 0 Å². The zero-order valence-corrected chi connectivity index (χ0v) is 17.0. The highest BCUT2D eigenvalue weighted by Crippen LogP contribution is 2.29. The fraction of sp³-hybridized carbons (Fsp3) is 0.421. The molecule has 1 aromatic carbocycles. The summed E-state index contributed by atoms with van der Waals surface area (Å²) < 4.78 is 74.8. The molecule has 180 valence electrons. The van der Waals surface area contributed by atoms with Gasteiger partial charge in [0.2, 0.25) is 5.91 Å². The van der Waals surface area contributed by atoms with Crippen molar-refractivity contribution in [2.45, 2.75) is 44.4 Å². The number of fused-ring (bicyclic) bond motifs is 1. The highest BCUT2D eigenvalue weighted by molar-refractivity contribution is 5.92. The Hall–Kier alpha value is -3.45. The van der Waals surface area contributed by atoms with Crippen molar-refractivity contribution in [3.8, 4) is 0 Å². The quantitative estimate of drug-likeness (QED) is 0.438. The Morgan fingerprint density at radius 2 is 1.73 bits per heavy atom. The number of nitrogens with one attached hydrogen (secondary N) is 4. The van der Waals surface area contributed by atoms with Gasteiger partial charge in [-0.1, -0.05) is 6.07 Å². The summed E-state index contributed by atoms with van der Waals surface area (Å²) in [5.74, 6) is -1.44. The monoisotopic (exact) mass is 478 g/mol. The lowest BCUT2D eigenvalue weighted by atomic mass is 10.1. The summed E-state index contributed by atoms with van der Waals surface area (Å²) in [7, 11) is 0. The summed E-state index contributed by atoms with van der Waals surface area (Å²) in [5, 5.41) is 14.6. The molecule has 0 saturated carbocycles. The minimum absolute atomic E-state index is 0.0359. The van der Waals surface area contributed by atoms with Crippen molar-refractivity contribution in [1.82, 2.24) is 20.4 Å². The molecule has 2 heterocycles. The van der Waals surface area contributed by atoms with Crippen molar-refractivity contribution in [3.05, 3.63) is 41.7 Å². The van der Waals surface area contributed by atoms with Crippen LogP contribution in [0.2, 0.25) is 0 Å². The van der Waals surface area contributed by atoms with E-state index in [1.807, 2.05) is 0 Å². The van der Waals surface area contributed by atoms with Gasteiger partial charge in [-0.15, -0.1) is 0 Å². The predicted molar refractivity (Wildman–Crippen MR) is 105 cm³/mol. The first-order valence-corrected chi connectivity index (χ1v) is 9.76. The molecule has 1 aromatic heterocycles. The largest absolute Gasteiger partial charge is 0.408 e. The van der Waals surface area contributed by atoms with Crippen LogP contribution in [0.25, 0.3) is 0 Å². The van der Waals surface area contributed by atoms with Crippen LogP contribution < -0.4 is 21.3 Å². The number of benzene rings is 1. The van der Waals surface area contributed by atoms with Gasteiger partial charge in [0, 0.05) is 19.2 Å². The molecule has 1 atom stereocenters. The van der Waals surface area contributed by atoms with Crippen LogP contribution >= 0.6 is 0 Å². The van der Waals surface area contributed by atoms with Crippen molar-refractivity contribution in [1.29, 1.82) is 0 Å². The smallest absolute Gasteiger partial charge is 0.362 e. The molecule has 1 aliphatic heterocycles. The van der Waals surface area contributed by atoms with Crippen molar-refractivity contribution in [3.63, 3.8) is 0 Å². The molecule has 0 spiro atoms. The number of halogens is 6. The zero-order chi connectivity index (χ0) is 24.2. The molecule has 1 unspecified atom stereocenters. The maximum atomic E-state index is 12.6. The van der Waals surface area contributed by atoms with Crippen LogP contribution in [-0.4, -0.2) is 46.7 Å². The summed E-state index contributed by atoms with van der Waals surface area (Å²) in [6.45, 7) is -1.31. The molecule has 4 N–H and O–H groups in total. The third kappa shape index (κ3) is 7.29. The number of rotatable bonds is 8. The SMILES string of the molecule is O=C(CCC(F)(F)F)NCc1ccc2c(c1)NC(CNC(=O)c1ccnn1CC(F)(F)F)N2. The highest BCUT2D eigenvalue weighted by Gasteiger charge is 2.31. The van der Waals surface area contributed by atoms with E-state index in [0.29, 0.717) is 21.6 Å². The molecule has 3 rings (SSSR count). The lowest BCUT2D eigenvalue weighted by Crippen LogP contribution is -2.39. The Balaban J connectivity index is 1.48. The first kappa shape index (κ1) is 24.2. The first-order valence-electron chi connectivity index (χ1n) is 9.76. The van der Waals surface area contributed by atoms with Gasteiger partial charge in [-0.25, -0.2) is 0 Å². The Morgan fingerprint density at radius 3 is 2.42 bits per heavy atom. The van der Waals surface area contributed by atoms with Gasteiger partial charge in [-0.3, -0.25) is 14.3 Å². The Kier molecular flexibility index (Phi) is 7.03. The molecular formula is C19H20F6N6O2. The number of hydrogen-bond acceptors (Lipinski definition) is 5. The van der Waals surface area contributed by atoms with Crippen LogP contribution in [0.4, 0.5) is 37.7 Å². The number of alkyl halides is 6. The van der Waals surface area contributed by atoms with Gasteiger partial charge in [0.25, 0.3) is 5.91 Å². The minimum Gasteiger partial charge on any atom is -0.362 e. The second kappa shape index (κ2) is 9.58. The Bertz CT molecular complexity index is 1000. The van der Waals surface area contributed by atoms with Gasteiger partial charge >= 0.3 is 12.4 Å². The van der Waals surface area contributed by atoms with E-state index in [9.17, 15) is 35.9 Å². The van der Waals surface area contributed by atoms with E-state index in [0.717, 1.165) is 6.20 Å². The number of carbonyl (C=O) groups excluding carboxylic acids is 2. The molecular weight excluding hydrogens is 458 g/mol. The van der Waals surface area contributed by atoms with E-state index in [4.69, 9.17) is 0 Å². The van der Waals surface area contributed by atoms with Gasteiger partial charge in [0.15, 0.2) is 0 Å². The maximum absolute atomic E-state index is 12.6. The Labute approximate surface area is 183 Å². The lowest BCUT2D eigenvalue weighted by molar-refractivity contribution is -0.144. The van der Waals surface area contributed by atoms with Crippen LogP contribution in [0.1, 0.15) is 28.9 Å². The second-order valence-corrected chi connectivity index (χ2v) is 7.31. The van der Waals surface area contributed by atoms with Gasteiger partial charge in [-0.2, -0.15) is 31.4 Å². The lowest BCUT2D eigenvalue weighted by Gasteiger charge is -2.14. The van der Waals surface area contributed by atoms with Crippen LogP contribution in [0.5, 0.6) is 0 Å². The average molecular weight is 478 g/mol. The molecule has 2 amide bonds. The van der Waals surface area contributed by atoms with Gasteiger partial charge in [0.1, 0.15) is 18.4 Å². The number of anilines is 2. The van der Waals surface area contributed by atoms with E-state index in [-0.39, 0.29) is 18.8 Å². The zero-order valence-electron chi connectivity index (χ0n) is 17.0. The van der Waals surface area contributed by atoms with Crippen molar-refractivity contribution >= 4 is 23.2 Å². The maximum Gasteiger partial charge on any atom is 0.408 e. The summed E-state index contributed by atoms with van der Waals surface area (Å²) in [5.41, 5.74) is 1.73. The van der Waals surface area contributed by atoms with Crippen LogP contribution in [0.15, 0.2) is 30.5 Å². The van der Waals surface area contributed by atoms with Gasteiger partial charge < -0.3 is 21.3 Å². The number of amides is 2. The summed E-state index contributed by atoms with van der Waals surface area (Å²) in [6, 6.07) is 6.24. The topological polar surface area (TPSA) is 100 Å². The molecule has 14 heteroatoms. The van der Waals surface area contributed by atoms with Crippen molar-refractivity contribution in [2.24, 2.45) is 0 Å². The number of carbonyl (C=O) groups is 2. The van der Waals surface area contributed by atoms with Crippen LogP contribution in [-0.2, 0) is 17.9 Å². The third-order valence-electron chi connectivity index (χ3n) is 4.61. The van der Waals surface area contributed by atoms with Crippen LogP contribution in [0, 0.1) is 0 Å². The predicted octanol–water partition coefficient (Wildman–Crippen LogP) is 3.00. The molecule has 33 heavy (non-hydrogen) atoms. The standard InChI is InChI=1S/C19H20F6N6O2/c20-18(21,22)5-3-16(32)26-8-11-1-2-12-13(7-11)30-15(29-12)9-27-17(33)14-4-6-28-31(14)10-19(23,24)25/h1-2,4,6-7,15,29-30H,3,5,8-10H2,(H,26,32)(H,27,33). The molecule has 0 radical (unpaired) electrons. The van der Waals surface area contributed by atoms with E-state index in [2.05, 4.69) is 26.4 Å². The molecule has 0 saturated heterocycles. The molecule has 0 bridgehead atoms. The molecule has 8 nitrogen and oxygen atoms in total. The molecule has 0 fully saturated rings. The minimum atomic E-state index is -4.52. The van der Waals surface area contributed by atoms with E-state index < -0.39 is 49.7 Å². The summed E-state index contributed by atoms with van der Waals surface area (Å²) in [4.78, 5) is 23.8. The van der Waals surface area contributed by atoms with E-state index >= 15 is 0 Å². The average Bonchev–Trinajstić information content (AvgIpc) is 3.33. The summed E-state index contributed by atoms with van der Waals surface area (Å²) in [6.07, 6.45) is -10.1. The van der Waals surface area contributed by atoms with Crippen molar-refractivity contribution in [2.75, 3.05) is 17.2 Å². The molecule has 0 aliphatic carbocycles. The third-order valence-corrected chi connectivity index (χ3v) is 4.61. The fourth-order valence-electron chi connectivity index (χ4n) is 3.11. The summed E-state index contributed by atoms with van der Waals surface area (Å²) >= 11 is 0. The fourth-order valence-corrected chi connectivity index (χ4v) is 3.11. The Morgan fingerprint density at radius 1 is 1.00 bits per heavy atom. The normalized spacial score (nSPS) is 15.4. The van der Waals surface area contributed by atoms with E-state index in [1.165, 1.54) is 6.07 Å². The molecule has 2 aromatic rings. The number of aromatic nitrogens is 2. The van der Waals surface area contributed by atoms with Crippen molar-refractivity contribution < 1.29 is 35.9 Å². The van der Waals surface area contributed by atoms with E-state index in [1.54, 1.807) is 18.2 Å². The molecule has 1 aliphatic rings. The first-order chi connectivity index (χ1) is 15.4. The number of nitrogens with zero attached hydrogens (tertiary/aromatic N) is 2. The highest BCUT2D eigenvalue weighted by atomic mass is 19.4.